The summed E-state index contributed by atoms with van der Waals surface area (Å²) in [5.41, 5.74) is 0. The van der Waals surface area contributed by atoms with Crippen LogP contribution in [0.5, 0.6) is 0 Å². The third kappa shape index (κ3) is 2.78. The monoisotopic (exact) mass is 280 g/mol. The number of hydrogen-bond acceptors (Lipinski definition) is 4. The summed E-state index contributed by atoms with van der Waals surface area (Å²) in [5, 5.41) is 14.0. The lowest BCUT2D eigenvalue weighted by Crippen LogP contribution is -1.99. The van der Waals surface area contributed by atoms with Crippen molar-refractivity contribution in [3.05, 3.63) is 27.0 Å². The molecule has 0 saturated carbocycles. The first-order chi connectivity index (χ1) is 6.65. The van der Waals surface area contributed by atoms with Gasteiger partial charge in [-0.15, -0.1) is 11.6 Å². The molecule has 1 aromatic rings. The van der Waals surface area contributed by atoms with Crippen LogP contribution in [0.3, 0.4) is 0 Å². The van der Waals surface area contributed by atoms with E-state index in [0.717, 1.165) is 0 Å². The van der Waals surface area contributed by atoms with E-state index >= 15 is 0 Å². The average molecular weight is 281 g/mol. The summed E-state index contributed by atoms with van der Waals surface area (Å²) >= 11 is 8.47. The fraction of sp³-hybridized carbons (Fsp3) is 0.333. The summed E-state index contributed by atoms with van der Waals surface area (Å²) < 4.78 is 1.68. The molecule has 0 unspecified atom stereocenters. The van der Waals surface area contributed by atoms with Crippen LogP contribution in [-0.2, 0) is 6.54 Å². The van der Waals surface area contributed by atoms with Crippen molar-refractivity contribution in [3.8, 4) is 0 Å². The van der Waals surface area contributed by atoms with Crippen LogP contribution in [-0.4, -0.2) is 25.6 Å². The number of aromatic nitrogens is 3. The predicted molar refractivity (Wildman–Crippen MR) is 54.2 cm³/mol. The smallest absolute Gasteiger partial charge is 0.390 e. The van der Waals surface area contributed by atoms with Crippen molar-refractivity contribution in [2.45, 2.75) is 6.54 Å². The van der Waals surface area contributed by atoms with Gasteiger partial charge in [0.25, 0.3) is 4.73 Å². The van der Waals surface area contributed by atoms with E-state index in [0.29, 0.717) is 17.2 Å². The van der Waals surface area contributed by atoms with Gasteiger partial charge in [0.05, 0.1) is 6.54 Å². The van der Waals surface area contributed by atoms with Crippen LogP contribution < -0.4 is 0 Å². The molecule has 6 nitrogen and oxygen atoms in total. The second kappa shape index (κ2) is 5.06. The van der Waals surface area contributed by atoms with Crippen LogP contribution in [0.1, 0.15) is 0 Å². The first kappa shape index (κ1) is 11.1. The van der Waals surface area contributed by atoms with Crippen LogP contribution in [0.15, 0.2) is 16.9 Å². The fourth-order valence-electron chi connectivity index (χ4n) is 0.743. The van der Waals surface area contributed by atoms with Gasteiger partial charge in [-0.25, -0.2) is 0 Å². The van der Waals surface area contributed by atoms with Gasteiger partial charge < -0.3 is 10.1 Å². The Hall–Kier alpha value is -0.950. The SMILES string of the molecule is O=[N+]([O-])c1nc(Br)n(C/C=C/CCl)n1. The van der Waals surface area contributed by atoms with Crippen LogP contribution >= 0.6 is 27.5 Å². The molecule has 0 atom stereocenters. The minimum Gasteiger partial charge on any atom is -0.390 e. The maximum atomic E-state index is 10.3. The molecule has 8 heteroatoms. The van der Waals surface area contributed by atoms with Gasteiger partial charge in [0, 0.05) is 26.9 Å². The maximum absolute atomic E-state index is 10.3. The molecule has 76 valence electrons. The maximum Gasteiger partial charge on any atom is 0.492 e. The van der Waals surface area contributed by atoms with Gasteiger partial charge in [-0.05, 0) is 9.91 Å². The molecule has 1 aromatic heterocycles. The van der Waals surface area contributed by atoms with E-state index in [2.05, 4.69) is 26.0 Å². The quantitative estimate of drug-likeness (QED) is 0.365. The van der Waals surface area contributed by atoms with Crippen molar-refractivity contribution >= 4 is 33.5 Å². The van der Waals surface area contributed by atoms with E-state index < -0.39 is 10.9 Å². The van der Waals surface area contributed by atoms with Crippen molar-refractivity contribution in [3.63, 3.8) is 0 Å². The van der Waals surface area contributed by atoms with E-state index in [9.17, 15) is 10.1 Å². The third-order valence-corrected chi connectivity index (χ3v) is 2.08. The molecule has 14 heavy (non-hydrogen) atoms. The second-order valence-corrected chi connectivity index (χ2v) is 3.26. The molecule has 0 radical (unpaired) electrons. The molecule has 0 saturated heterocycles. The molecule has 0 amide bonds. The molecule has 1 rings (SSSR count). The summed E-state index contributed by atoms with van der Waals surface area (Å²) in [7, 11) is 0. The number of hydrogen-bond donors (Lipinski definition) is 0. The zero-order valence-electron chi connectivity index (χ0n) is 6.93. The van der Waals surface area contributed by atoms with Crippen LogP contribution in [0, 0.1) is 10.1 Å². The molecule has 0 aliphatic heterocycles. The summed E-state index contributed by atoms with van der Waals surface area (Å²) in [6.07, 6.45) is 3.47. The number of halogens is 2. The topological polar surface area (TPSA) is 73.8 Å². The van der Waals surface area contributed by atoms with Gasteiger partial charge in [0.1, 0.15) is 0 Å². The summed E-state index contributed by atoms with van der Waals surface area (Å²) in [6, 6.07) is 0. The van der Waals surface area contributed by atoms with Gasteiger partial charge in [-0.2, -0.15) is 4.68 Å². The highest BCUT2D eigenvalue weighted by molar-refractivity contribution is 9.10. The Morgan fingerprint density at radius 3 is 2.86 bits per heavy atom. The highest BCUT2D eigenvalue weighted by Crippen LogP contribution is 2.11. The van der Waals surface area contributed by atoms with Crippen molar-refractivity contribution in [1.29, 1.82) is 0 Å². The highest BCUT2D eigenvalue weighted by atomic mass is 79.9. The molecule has 0 aliphatic rings. The summed E-state index contributed by atoms with van der Waals surface area (Å²) in [6.45, 7) is 0.397. The molecule has 0 N–H and O–H groups in total. The Balaban J connectivity index is 2.77. The van der Waals surface area contributed by atoms with Gasteiger partial charge in [-0.3, -0.25) is 0 Å². The van der Waals surface area contributed by atoms with E-state index in [1.54, 1.807) is 12.2 Å². The van der Waals surface area contributed by atoms with Crippen molar-refractivity contribution in [1.82, 2.24) is 14.8 Å². The molecule has 0 aliphatic carbocycles. The Kier molecular flexibility index (Phi) is 4.02. The molecular formula is C6H6BrClN4O2. The first-order valence-corrected chi connectivity index (χ1v) is 4.93. The Morgan fingerprint density at radius 2 is 2.36 bits per heavy atom. The summed E-state index contributed by atoms with van der Waals surface area (Å²) in [4.78, 5) is 13.2. The number of alkyl halides is 1. The molecule has 0 spiro atoms. The van der Waals surface area contributed by atoms with Gasteiger partial charge in [0.15, 0.2) is 0 Å². The van der Waals surface area contributed by atoms with E-state index in [1.165, 1.54) is 4.68 Å². The molecular weight excluding hydrogens is 275 g/mol. The number of nitro groups is 1. The predicted octanol–water partition coefficient (Wildman–Crippen LogP) is 1.74. The minimum atomic E-state index is -0.646. The Morgan fingerprint density at radius 1 is 1.64 bits per heavy atom. The zero-order valence-corrected chi connectivity index (χ0v) is 9.27. The number of allylic oxidation sites excluding steroid dienone is 2. The standard InChI is InChI=1S/C6H6BrClN4O2/c7-5-9-6(12(13)14)10-11(5)4-2-1-3-8/h1-2H,3-4H2/b2-1+. The minimum absolute atomic E-state index is 0.323. The van der Waals surface area contributed by atoms with Crippen molar-refractivity contribution in [2.24, 2.45) is 0 Å². The van der Waals surface area contributed by atoms with Gasteiger partial charge in [0.2, 0.25) is 0 Å². The lowest BCUT2D eigenvalue weighted by molar-refractivity contribution is -0.394. The number of rotatable bonds is 4. The average Bonchev–Trinajstić information content (AvgIpc) is 2.49. The van der Waals surface area contributed by atoms with Crippen LogP contribution in [0.25, 0.3) is 0 Å². The largest absolute Gasteiger partial charge is 0.492 e. The fourth-order valence-corrected chi connectivity index (χ4v) is 1.25. The van der Waals surface area contributed by atoms with Gasteiger partial charge >= 0.3 is 5.95 Å². The van der Waals surface area contributed by atoms with E-state index in [1.807, 2.05) is 0 Å². The van der Waals surface area contributed by atoms with Crippen molar-refractivity contribution < 1.29 is 4.92 Å². The van der Waals surface area contributed by atoms with E-state index in [-0.39, 0.29) is 0 Å². The normalized spacial score (nSPS) is 11.0. The first-order valence-electron chi connectivity index (χ1n) is 3.61. The van der Waals surface area contributed by atoms with E-state index in [4.69, 9.17) is 11.6 Å². The Bertz CT molecular complexity index is 365. The zero-order chi connectivity index (χ0) is 10.6. The third-order valence-electron chi connectivity index (χ3n) is 1.31. The molecule has 0 bridgehead atoms. The highest BCUT2D eigenvalue weighted by Gasteiger charge is 2.17. The number of nitrogens with zero attached hydrogens (tertiary/aromatic N) is 4. The van der Waals surface area contributed by atoms with Crippen LogP contribution in [0.2, 0.25) is 0 Å². The lowest BCUT2D eigenvalue weighted by Gasteiger charge is -1.88. The second-order valence-electron chi connectivity index (χ2n) is 2.25. The Labute approximate surface area is 92.9 Å². The lowest BCUT2D eigenvalue weighted by atomic mass is 10.5. The molecule has 0 fully saturated rings. The molecule has 0 aromatic carbocycles. The molecule has 1 heterocycles. The van der Waals surface area contributed by atoms with Crippen LogP contribution in [0.4, 0.5) is 5.95 Å². The van der Waals surface area contributed by atoms with Gasteiger partial charge in [-0.1, -0.05) is 12.2 Å². The summed E-state index contributed by atoms with van der Waals surface area (Å²) in [5.74, 6) is -0.0230. The van der Waals surface area contributed by atoms with Crippen molar-refractivity contribution in [2.75, 3.05) is 5.88 Å².